The molecule has 0 bridgehead atoms. The predicted molar refractivity (Wildman–Crippen MR) is 66.3 cm³/mol. The lowest BCUT2D eigenvalue weighted by Crippen LogP contribution is -2.49. The monoisotopic (exact) mass is 223 g/mol. The fourth-order valence-corrected chi connectivity index (χ4v) is 4.24. The van der Waals surface area contributed by atoms with Crippen LogP contribution in [0.2, 0.25) is 0 Å². The van der Waals surface area contributed by atoms with Gasteiger partial charge in [0.05, 0.1) is 6.17 Å². The number of nitrogens with zero attached hydrogens (tertiary/aromatic N) is 1. The summed E-state index contributed by atoms with van der Waals surface area (Å²) in [6.07, 6.45) is 6.09. The third kappa shape index (κ3) is 1.52. The number of fused-ring (bicyclic) bond motifs is 3. The minimum Gasteiger partial charge on any atom is -0.312 e. The van der Waals surface area contributed by atoms with Crippen LogP contribution < -0.4 is 10.6 Å². The number of hydrogen-bond acceptors (Lipinski definition) is 3. The van der Waals surface area contributed by atoms with Crippen molar-refractivity contribution >= 4 is 0 Å². The fraction of sp³-hybridized carbons (Fsp3) is 1.00. The first-order chi connectivity index (χ1) is 7.85. The molecule has 3 heterocycles. The van der Waals surface area contributed by atoms with Crippen LogP contribution in [-0.2, 0) is 0 Å². The Hall–Kier alpha value is -0.120. The molecule has 2 N–H and O–H groups in total. The minimum atomic E-state index is 0.663. The molecule has 0 amide bonds. The summed E-state index contributed by atoms with van der Waals surface area (Å²) in [6.45, 7) is 7.07. The van der Waals surface area contributed by atoms with Crippen molar-refractivity contribution in [3.63, 3.8) is 0 Å². The van der Waals surface area contributed by atoms with Gasteiger partial charge in [0.15, 0.2) is 0 Å². The van der Waals surface area contributed by atoms with Crippen molar-refractivity contribution < 1.29 is 0 Å². The van der Waals surface area contributed by atoms with Gasteiger partial charge in [0.2, 0.25) is 0 Å². The molecule has 3 aliphatic heterocycles. The van der Waals surface area contributed by atoms with Crippen molar-refractivity contribution in [2.75, 3.05) is 13.1 Å². The maximum Gasteiger partial charge on any atom is 0.0647 e. The molecule has 0 aliphatic carbocycles. The van der Waals surface area contributed by atoms with Crippen LogP contribution in [0, 0.1) is 5.92 Å². The molecule has 3 nitrogen and oxygen atoms in total. The molecule has 5 unspecified atom stereocenters. The van der Waals surface area contributed by atoms with Crippen LogP contribution >= 0.6 is 0 Å². The summed E-state index contributed by atoms with van der Waals surface area (Å²) in [6, 6.07) is 2.32. The first-order valence-electron chi connectivity index (χ1n) is 7.10. The first-order valence-corrected chi connectivity index (χ1v) is 7.10. The Labute approximate surface area is 99.0 Å². The maximum absolute atomic E-state index is 3.88. The van der Waals surface area contributed by atoms with E-state index in [9.17, 15) is 0 Å². The van der Waals surface area contributed by atoms with E-state index >= 15 is 0 Å². The van der Waals surface area contributed by atoms with Crippen LogP contribution in [0.1, 0.15) is 39.5 Å². The highest BCUT2D eigenvalue weighted by Gasteiger charge is 2.51. The number of hydrogen-bond donors (Lipinski definition) is 2. The van der Waals surface area contributed by atoms with Crippen molar-refractivity contribution in [3.05, 3.63) is 0 Å². The first kappa shape index (κ1) is 11.0. The lowest BCUT2D eigenvalue weighted by Gasteiger charge is -2.31. The predicted octanol–water partition coefficient (Wildman–Crippen LogP) is 1.16. The van der Waals surface area contributed by atoms with E-state index in [-0.39, 0.29) is 0 Å². The smallest absolute Gasteiger partial charge is 0.0647 e. The molecule has 3 heteroatoms. The Kier molecular flexibility index (Phi) is 2.94. The van der Waals surface area contributed by atoms with E-state index < -0.39 is 0 Å². The van der Waals surface area contributed by atoms with E-state index in [0.29, 0.717) is 6.17 Å². The Morgan fingerprint density at radius 2 is 2.19 bits per heavy atom. The average molecular weight is 223 g/mol. The van der Waals surface area contributed by atoms with Crippen LogP contribution in [0.5, 0.6) is 0 Å². The number of nitrogens with one attached hydrogen (secondary N) is 2. The average Bonchev–Trinajstić information content (AvgIpc) is 2.83. The number of piperidine rings is 1. The van der Waals surface area contributed by atoms with Crippen molar-refractivity contribution in [1.82, 2.24) is 15.5 Å². The minimum absolute atomic E-state index is 0.663. The van der Waals surface area contributed by atoms with Gasteiger partial charge in [0, 0.05) is 24.0 Å². The molecular formula is C13H25N3. The lowest BCUT2D eigenvalue weighted by molar-refractivity contribution is 0.170. The summed E-state index contributed by atoms with van der Waals surface area (Å²) < 4.78 is 0. The standard InChI is InChI=1S/C13H25N3/c1-3-9-8-10-12-11(6-5-7-14-12)15-13(10)16(9)4-2/h9-15H,3-8H2,1-2H3. The van der Waals surface area contributed by atoms with Gasteiger partial charge in [-0.25, -0.2) is 0 Å². The highest BCUT2D eigenvalue weighted by molar-refractivity contribution is 5.08. The normalized spacial score (nSPS) is 48.0. The van der Waals surface area contributed by atoms with Gasteiger partial charge >= 0.3 is 0 Å². The van der Waals surface area contributed by atoms with Gasteiger partial charge in [-0.1, -0.05) is 13.8 Å². The molecule has 3 fully saturated rings. The molecule has 92 valence electrons. The van der Waals surface area contributed by atoms with Gasteiger partial charge in [-0.3, -0.25) is 10.2 Å². The third-order valence-electron chi connectivity index (χ3n) is 4.96. The van der Waals surface area contributed by atoms with Crippen LogP contribution in [0.25, 0.3) is 0 Å². The maximum atomic E-state index is 3.88. The molecule has 16 heavy (non-hydrogen) atoms. The van der Waals surface area contributed by atoms with Crippen molar-refractivity contribution in [2.24, 2.45) is 5.92 Å². The van der Waals surface area contributed by atoms with E-state index in [4.69, 9.17) is 0 Å². The molecule has 3 aliphatic rings. The second-order valence-corrected chi connectivity index (χ2v) is 5.63. The summed E-state index contributed by atoms with van der Waals surface area (Å²) in [5.41, 5.74) is 0. The van der Waals surface area contributed by atoms with Crippen molar-refractivity contribution in [3.8, 4) is 0 Å². The van der Waals surface area contributed by atoms with Gasteiger partial charge in [0.1, 0.15) is 0 Å². The van der Waals surface area contributed by atoms with Gasteiger partial charge in [-0.05, 0) is 38.8 Å². The number of likely N-dealkylation sites (tertiary alicyclic amines) is 1. The Morgan fingerprint density at radius 1 is 1.31 bits per heavy atom. The molecule has 0 aromatic rings. The third-order valence-corrected chi connectivity index (χ3v) is 4.96. The van der Waals surface area contributed by atoms with E-state index in [1.54, 1.807) is 0 Å². The molecule has 0 spiro atoms. The van der Waals surface area contributed by atoms with Crippen molar-refractivity contribution in [1.29, 1.82) is 0 Å². The van der Waals surface area contributed by atoms with Crippen LogP contribution in [0.15, 0.2) is 0 Å². The fourth-order valence-electron chi connectivity index (χ4n) is 4.24. The summed E-state index contributed by atoms with van der Waals surface area (Å²) in [5.74, 6) is 0.857. The Balaban J connectivity index is 1.77. The van der Waals surface area contributed by atoms with E-state index in [0.717, 1.165) is 24.0 Å². The van der Waals surface area contributed by atoms with E-state index in [1.165, 1.54) is 38.8 Å². The van der Waals surface area contributed by atoms with Crippen LogP contribution in [0.3, 0.4) is 0 Å². The molecule has 0 saturated carbocycles. The van der Waals surface area contributed by atoms with Gasteiger partial charge in [0.25, 0.3) is 0 Å². The highest BCUT2D eigenvalue weighted by Crippen LogP contribution is 2.39. The molecule has 3 saturated heterocycles. The molecule has 0 radical (unpaired) electrons. The highest BCUT2D eigenvalue weighted by atomic mass is 15.4. The number of rotatable bonds is 2. The van der Waals surface area contributed by atoms with Crippen molar-refractivity contribution in [2.45, 2.75) is 63.8 Å². The molecule has 0 aromatic carbocycles. The Bertz CT molecular complexity index is 244. The molecule has 0 aromatic heterocycles. The zero-order chi connectivity index (χ0) is 11.1. The second kappa shape index (κ2) is 4.28. The lowest BCUT2D eigenvalue weighted by atomic mass is 9.89. The topological polar surface area (TPSA) is 27.3 Å². The van der Waals surface area contributed by atoms with Gasteiger partial charge in [-0.2, -0.15) is 0 Å². The summed E-state index contributed by atoms with van der Waals surface area (Å²) in [4.78, 5) is 2.70. The zero-order valence-electron chi connectivity index (χ0n) is 10.6. The quantitative estimate of drug-likeness (QED) is 0.735. The second-order valence-electron chi connectivity index (χ2n) is 5.63. The van der Waals surface area contributed by atoms with Gasteiger partial charge < -0.3 is 5.32 Å². The van der Waals surface area contributed by atoms with Gasteiger partial charge in [-0.15, -0.1) is 0 Å². The largest absolute Gasteiger partial charge is 0.312 e. The zero-order valence-corrected chi connectivity index (χ0v) is 10.6. The molecule has 3 rings (SSSR count). The molecule has 5 atom stereocenters. The summed E-state index contributed by atoms with van der Waals surface area (Å²) >= 11 is 0. The summed E-state index contributed by atoms with van der Waals surface area (Å²) in [5, 5.41) is 7.64. The van der Waals surface area contributed by atoms with Crippen LogP contribution in [0.4, 0.5) is 0 Å². The Morgan fingerprint density at radius 3 is 2.94 bits per heavy atom. The summed E-state index contributed by atoms with van der Waals surface area (Å²) in [7, 11) is 0. The van der Waals surface area contributed by atoms with Crippen LogP contribution in [-0.4, -0.2) is 42.3 Å². The van der Waals surface area contributed by atoms with E-state index in [2.05, 4.69) is 29.4 Å². The molecular weight excluding hydrogens is 198 g/mol. The van der Waals surface area contributed by atoms with E-state index in [1.807, 2.05) is 0 Å². The SMILES string of the molecule is CCC1CC2C3NCCCC3NC2N1CC.